The Bertz CT molecular complexity index is 643. The number of rotatable bonds is 6. The summed E-state index contributed by atoms with van der Waals surface area (Å²) >= 11 is 0. The summed E-state index contributed by atoms with van der Waals surface area (Å²) < 4.78 is 18.8. The summed E-state index contributed by atoms with van der Waals surface area (Å²) in [7, 11) is 0. The molecule has 1 aliphatic rings. The molecule has 0 amide bonds. The number of hydrogen-bond donors (Lipinski definition) is 0. The minimum atomic E-state index is -0.522. The fraction of sp³-hybridized carbons (Fsp3) is 0.500. The van der Waals surface area contributed by atoms with Gasteiger partial charge in [-0.25, -0.2) is 9.18 Å². The molecule has 0 fully saturated rings. The Kier molecular flexibility index (Phi) is 8.08. The van der Waals surface area contributed by atoms with E-state index in [4.69, 9.17) is 4.74 Å². The first-order valence-corrected chi connectivity index (χ1v) is 8.95. The second-order valence-corrected chi connectivity index (χ2v) is 7.27. The molecule has 0 saturated heterocycles. The highest BCUT2D eigenvalue weighted by Crippen LogP contribution is 2.40. The van der Waals surface area contributed by atoms with Gasteiger partial charge in [0.25, 0.3) is 0 Å². The van der Waals surface area contributed by atoms with Gasteiger partial charge < -0.3 is 4.74 Å². The fourth-order valence-electron chi connectivity index (χ4n) is 3.05. The topological polar surface area (TPSA) is 26.3 Å². The quantitative estimate of drug-likeness (QED) is 0.317. The molecule has 1 rings (SSSR count). The van der Waals surface area contributed by atoms with Crippen LogP contribution in [-0.4, -0.2) is 12.6 Å². The van der Waals surface area contributed by atoms with Gasteiger partial charge in [-0.1, -0.05) is 43.2 Å². The highest BCUT2D eigenvalue weighted by Gasteiger charge is 2.26. The molecule has 25 heavy (non-hydrogen) atoms. The fourth-order valence-corrected chi connectivity index (χ4v) is 3.05. The van der Waals surface area contributed by atoms with Gasteiger partial charge >= 0.3 is 5.97 Å². The average molecular weight is 346 g/mol. The molecule has 0 atom stereocenters. The zero-order valence-corrected chi connectivity index (χ0v) is 16.4. The van der Waals surface area contributed by atoms with Gasteiger partial charge in [-0.15, -0.1) is 0 Å². The molecular weight excluding hydrogens is 315 g/mol. The maximum Gasteiger partial charge on any atom is 0.331 e. The molecule has 0 aliphatic heterocycles. The highest BCUT2D eigenvalue weighted by atomic mass is 19.1. The van der Waals surface area contributed by atoms with Crippen molar-refractivity contribution in [3.8, 4) is 0 Å². The maximum absolute atomic E-state index is 14.0. The summed E-state index contributed by atoms with van der Waals surface area (Å²) in [6, 6.07) is 0. The standard InChI is InChI=1S/C22H31FO2/c1-7-25-21(24)15-18(4)20(23)13-11-16(2)10-12-19-17(3)9-8-14-22(19,5)6/h10-13,15H,7-9,14H2,1-6H3/b12-10+,16-11+,18-15+,20-13-. The van der Waals surface area contributed by atoms with Crippen LogP contribution in [0.5, 0.6) is 0 Å². The number of allylic oxidation sites excluding steroid dienone is 9. The van der Waals surface area contributed by atoms with Crippen LogP contribution in [0.25, 0.3) is 0 Å². The number of carbonyl (C=O) groups is 1. The summed E-state index contributed by atoms with van der Waals surface area (Å²) in [5.74, 6) is -0.958. The van der Waals surface area contributed by atoms with Crippen molar-refractivity contribution in [3.05, 3.63) is 58.5 Å². The van der Waals surface area contributed by atoms with E-state index >= 15 is 0 Å². The lowest BCUT2D eigenvalue weighted by Gasteiger charge is -2.32. The molecule has 0 radical (unpaired) electrons. The Labute approximate surface area is 151 Å². The molecule has 0 aromatic rings. The van der Waals surface area contributed by atoms with Crippen LogP contribution < -0.4 is 0 Å². The Morgan fingerprint density at radius 1 is 1.28 bits per heavy atom. The minimum absolute atomic E-state index is 0.194. The van der Waals surface area contributed by atoms with Crippen LogP contribution in [0.1, 0.15) is 60.8 Å². The van der Waals surface area contributed by atoms with Crippen molar-refractivity contribution in [3.63, 3.8) is 0 Å². The van der Waals surface area contributed by atoms with Crippen molar-refractivity contribution >= 4 is 5.97 Å². The zero-order valence-electron chi connectivity index (χ0n) is 16.4. The first-order valence-electron chi connectivity index (χ1n) is 8.95. The number of ether oxygens (including phenoxy) is 1. The second kappa shape index (κ2) is 9.55. The third-order valence-electron chi connectivity index (χ3n) is 4.55. The van der Waals surface area contributed by atoms with Crippen LogP contribution in [0.4, 0.5) is 4.39 Å². The third kappa shape index (κ3) is 6.85. The zero-order chi connectivity index (χ0) is 19.0. The van der Waals surface area contributed by atoms with E-state index in [2.05, 4.69) is 26.8 Å². The monoisotopic (exact) mass is 346 g/mol. The molecule has 138 valence electrons. The van der Waals surface area contributed by atoms with Gasteiger partial charge in [0.2, 0.25) is 0 Å². The van der Waals surface area contributed by atoms with Crippen molar-refractivity contribution in [2.45, 2.75) is 60.8 Å². The van der Waals surface area contributed by atoms with Crippen molar-refractivity contribution < 1.29 is 13.9 Å². The number of halogens is 1. The molecule has 0 aromatic heterocycles. The van der Waals surface area contributed by atoms with Crippen molar-refractivity contribution in [1.29, 1.82) is 0 Å². The molecule has 2 nitrogen and oxygen atoms in total. The Hall–Kier alpha value is -1.90. The summed E-state index contributed by atoms with van der Waals surface area (Å²) in [5.41, 5.74) is 4.24. The first-order chi connectivity index (χ1) is 11.7. The summed E-state index contributed by atoms with van der Waals surface area (Å²) in [6.07, 6.45) is 12.1. The summed E-state index contributed by atoms with van der Waals surface area (Å²) in [6.45, 7) is 12.2. The van der Waals surface area contributed by atoms with E-state index < -0.39 is 11.8 Å². The van der Waals surface area contributed by atoms with E-state index in [1.807, 2.05) is 13.0 Å². The number of esters is 1. The lowest BCUT2D eigenvalue weighted by Crippen LogP contribution is -2.19. The molecule has 1 aliphatic carbocycles. The van der Waals surface area contributed by atoms with Crippen LogP contribution >= 0.6 is 0 Å². The first kappa shape index (κ1) is 21.1. The predicted octanol–water partition coefficient (Wildman–Crippen LogP) is 6.38. The Morgan fingerprint density at radius 3 is 2.56 bits per heavy atom. The van der Waals surface area contributed by atoms with Crippen LogP contribution in [-0.2, 0) is 9.53 Å². The van der Waals surface area contributed by atoms with Crippen molar-refractivity contribution in [1.82, 2.24) is 0 Å². The SMILES string of the molecule is CCOC(=O)/C=C(C)/C(F)=C/C=C(C)/C=C/C1=C(C)CCCC1(C)C. The minimum Gasteiger partial charge on any atom is -0.463 e. The molecule has 0 aromatic carbocycles. The molecule has 0 saturated carbocycles. The van der Waals surface area contributed by atoms with Gasteiger partial charge in [0, 0.05) is 6.08 Å². The van der Waals surface area contributed by atoms with E-state index in [0.29, 0.717) is 0 Å². The highest BCUT2D eigenvalue weighted by molar-refractivity contribution is 5.83. The van der Waals surface area contributed by atoms with E-state index in [0.717, 1.165) is 12.0 Å². The van der Waals surface area contributed by atoms with Crippen molar-refractivity contribution in [2.24, 2.45) is 5.41 Å². The van der Waals surface area contributed by atoms with Gasteiger partial charge in [-0.2, -0.15) is 0 Å². The van der Waals surface area contributed by atoms with Crippen LogP contribution in [0, 0.1) is 5.41 Å². The summed E-state index contributed by atoms with van der Waals surface area (Å²) in [5, 5.41) is 0. The molecule has 0 unspecified atom stereocenters. The van der Waals surface area contributed by atoms with E-state index in [1.54, 1.807) is 19.9 Å². The summed E-state index contributed by atoms with van der Waals surface area (Å²) in [4.78, 5) is 11.3. The normalized spacial score (nSPS) is 19.6. The van der Waals surface area contributed by atoms with Gasteiger partial charge in [-0.05, 0) is 69.6 Å². The van der Waals surface area contributed by atoms with E-state index in [-0.39, 0.29) is 17.6 Å². The lowest BCUT2D eigenvalue weighted by atomic mass is 9.72. The lowest BCUT2D eigenvalue weighted by molar-refractivity contribution is -0.137. The van der Waals surface area contributed by atoms with Crippen LogP contribution in [0.2, 0.25) is 0 Å². The van der Waals surface area contributed by atoms with Gasteiger partial charge in [0.05, 0.1) is 6.61 Å². The van der Waals surface area contributed by atoms with E-state index in [1.165, 1.54) is 36.1 Å². The molecule has 0 N–H and O–H groups in total. The molecule has 0 spiro atoms. The van der Waals surface area contributed by atoms with E-state index in [9.17, 15) is 9.18 Å². The molecular formula is C22H31FO2. The molecule has 0 bridgehead atoms. The van der Waals surface area contributed by atoms with Gasteiger partial charge in [0.15, 0.2) is 0 Å². The average Bonchev–Trinajstić information content (AvgIpc) is 2.51. The van der Waals surface area contributed by atoms with Crippen molar-refractivity contribution in [2.75, 3.05) is 6.61 Å². The number of carbonyl (C=O) groups excluding carboxylic acids is 1. The Morgan fingerprint density at radius 2 is 1.96 bits per heavy atom. The predicted molar refractivity (Wildman–Crippen MR) is 103 cm³/mol. The smallest absolute Gasteiger partial charge is 0.331 e. The largest absolute Gasteiger partial charge is 0.463 e. The molecule has 3 heteroatoms. The Balaban J connectivity index is 2.86. The maximum atomic E-state index is 14.0. The molecule has 0 heterocycles. The third-order valence-corrected chi connectivity index (χ3v) is 4.55. The van der Waals surface area contributed by atoms with Crippen LogP contribution in [0.3, 0.4) is 0 Å². The van der Waals surface area contributed by atoms with Gasteiger partial charge in [0.1, 0.15) is 5.83 Å². The van der Waals surface area contributed by atoms with Gasteiger partial charge in [-0.3, -0.25) is 0 Å². The van der Waals surface area contributed by atoms with Crippen LogP contribution in [0.15, 0.2) is 58.5 Å². The number of hydrogen-bond acceptors (Lipinski definition) is 2. The second-order valence-electron chi connectivity index (χ2n) is 7.27.